The van der Waals surface area contributed by atoms with Crippen molar-refractivity contribution in [3.05, 3.63) is 36.0 Å². The van der Waals surface area contributed by atoms with E-state index in [0.29, 0.717) is 25.2 Å². The van der Waals surface area contributed by atoms with Crippen molar-refractivity contribution in [2.75, 3.05) is 38.8 Å². The Balaban J connectivity index is 1.35. The smallest absolute Gasteiger partial charge is 0.337 e. The van der Waals surface area contributed by atoms with Gasteiger partial charge in [0.25, 0.3) is 0 Å². The number of carbonyl (C=O) groups excluding carboxylic acids is 2. The molecule has 2 heterocycles. The Hall–Kier alpha value is -2.65. The van der Waals surface area contributed by atoms with Crippen molar-refractivity contribution >= 4 is 28.3 Å². The molecule has 2 atom stereocenters. The molecule has 1 fully saturated rings. The molecule has 1 aliphatic rings. The van der Waals surface area contributed by atoms with Crippen LogP contribution in [0.5, 0.6) is 0 Å². The number of ether oxygens (including phenoxy) is 2. The van der Waals surface area contributed by atoms with Crippen LogP contribution >= 0.6 is 11.3 Å². The summed E-state index contributed by atoms with van der Waals surface area (Å²) < 4.78 is 10.5. The summed E-state index contributed by atoms with van der Waals surface area (Å²) in [5, 5.41) is 8.01. The molecule has 0 aliphatic carbocycles. The number of unbranched alkanes of at least 4 members (excludes halogenated alkanes) is 10. The number of nitrogens with zero attached hydrogens (tertiary/aromatic N) is 2. The van der Waals surface area contributed by atoms with E-state index in [1.807, 2.05) is 18.3 Å². The average molecular weight is 559 g/mol. The SMILES string of the molecule is CCCCCCCCCCCCCNC(=O)N[C@H]1CN(c2cnc(-c3ccc(C(=O)OC)cc3)s2)C[C@@H]1OC. The third kappa shape index (κ3) is 10.1. The fraction of sp³-hybridized carbons (Fsp3) is 0.633. The number of nitrogens with one attached hydrogen (secondary N) is 2. The predicted molar refractivity (Wildman–Crippen MR) is 159 cm³/mol. The van der Waals surface area contributed by atoms with Crippen LogP contribution in [0, 0.1) is 0 Å². The Morgan fingerprint density at radius 1 is 0.949 bits per heavy atom. The van der Waals surface area contributed by atoms with Crippen LogP contribution < -0.4 is 15.5 Å². The first-order valence-electron chi connectivity index (χ1n) is 14.5. The number of urea groups is 1. The zero-order valence-electron chi connectivity index (χ0n) is 23.9. The van der Waals surface area contributed by atoms with E-state index in [-0.39, 0.29) is 24.1 Å². The zero-order valence-corrected chi connectivity index (χ0v) is 24.7. The summed E-state index contributed by atoms with van der Waals surface area (Å²) in [6.45, 7) is 4.30. The van der Waals surface area contributed by atoms with Gasteiger partial charge in [0, 0.05) is 32.3 Å². The molecular weight excluding hydrogens is 512 g/mol. The first-order valence-corrected chi connectivity index (χ1v) is 15.3. The molecule has 0 spiro atoms. The van der Waals surface area contributed by atoms with Gasteiger partial charge in [0.1, 0.15) is 10.0 Å². The number of rotatable bonds is 17. The Morgan fingerprint density at radius 2 is 1.59 bits per heavy atom. The highest BCUT2D eigenvalue weighted by Gasteiger charge is 2.35. The second kappa shape index (κ2) is 17.1. The summed E-state index contributed by atoms with van der Waals surface area (Å²) in [6.07, 6.45) is 16.0. The highest BCUT2D eigenvalue weighted by molar-refractivity contribution is 7.18. The average Bonchev–Trinajstić information content (AvgIpc) is 3.61. The molecule has 39 heavy (non-hydrogen) atoms. The molecule has 8 nitrogen and oxygen atoms in total. The molecule has 216 valence electrons. The summed E-state index contributed by atoms with van der Waals surface area (Å²) in [5.41, 5.74) is 1.45. The number of carbonyl (C=O) groups is 2. The van der Waals surface area contributed by atoms with Crippen LogP contribution in [0.25, 0.3) is 10.6 Å². The van der Waals surface area contributed by atoms with Gasteiger partial charge < -0.3 is 25.0 Å². The van der Waals surface area contributed by atoms with Crippen molar-refractivity contribution in [1.82, 2.24) is 15.6 Å². The van der Waals surface area contributed by atoms with Crippen LogP contribution in [0.3, 0.4) is 0 Å². The lowest BCUT2D eigenvalue weighted by Gasteiger charge is -2.18. The second-order valence-corrected chi connectivity index (χ2v) is 11.3. The zero-order chi connectivity index (χ0) is 27.9. The first-order chi connectivity index (χ1) is 19.0. The molecule has 1 saturated heterocycles. The van der Waals surface area contributed by atoms with Crippen molar-refractivity contribution < 1.29 is 19.1 Å². The van der Waals surface area contributed by atoms with Gasteiger partial charge in [0.15, 0.2) is 0 Å². The maximum Gasteiger partial charge on any atom is 0.337 e. The van der Waals surface area contributed by atoms with E-state index in [9.17, 15) is 9.59 Å². The third-order valence-corrected chi connectivity index (χ3v) is 8.42. The predicted octanol–water partition coefficient (Wildman–Crippen LogP) is 6.41. The van der Waals surface area contributed by atoms with Crippen molar-refractivity contribution in [2.24, 2.45) is 0 Å². The molecule has 2 aromatic rings. The molecule has 2 N–H and O–H groups in total. The van der Waals surface area contributed by atoms with E-state index in [1.54, 1.807) is 30.6 Å². The van der Waals surface area contributed by atoms with E-state index >= 15 is 0 Å². The number of methoxy groups -OCH3 is 2. The molecule has 0 saturated carbocycles. The van der Waals surface area contributed by atoms with Crippen LogP contribution in [0.2, 0.25) is 0 Å². The standard InChI is InChI=1S/C30H46N4O4S/c1-4-5-6-7-8-9-10-11-12-13-14-19-31-30(36)33-25-21-34(22-26(25)37-2)27-20-32-28(39-27)23-15-17-24(18-16-23)29(35)38-3/h15-18,20,25-26H,4-14,19,21-22H2,1-3H3,(H2,31,33,36)/t25-,26-/m0/s1. The molecule has 2 amide bonds. The van der Waals surface area contributed by atoms with Crippen LogP contribution in [-0.2, 0) is 9.47 Å². The Kier molecular flexibility index (Phi) is 13.6. The summed E-state index contributed by atoms with van der Waals surface area (Å²) in [7, 11) is 3.06. The third-order valence-electron chi connectivity index (χ3n) is 7.31. The molecule has 1 aromatic carbocycles. The molecule has 9 heteroatoms. The highest BCUT2D eigenvalue weighted by atomic mass is 32.1. The van der Waals surface area contributed by atoms with Gasteiger partial charge in [0.2, 0.25) is 0 Å². The van der Waals surface area contributed by atoms with E-state index in [1.165, 1.54) is 64.9 Å². The van der Waals surface area contributed by atoms with E-state index in [4.69, 9.17) is 9.47 Å². The van der Waals surface area contributed by atoms with Crippen LogP contribution in [0.1, 0.15) is 87.9 Å². The monoisotopic (exact) mass is 558 g/mol. The molecule has 0 unspecified atom stereocenters. The van der Waals surface area contributed by atoms with Crippen molar-refractivity contribution in [2.45, 2.75) is 89.7 Å². The van der Waals surface area contributed by atoms with Gasteiger partial charge in [-0.2, -0.15) is 0 Å². The largest absolute Gasteiger partial charge is 0.465 e. The minimum atomic E-state index is -0.356. The Labute approximate surface area is 237 Å². The van der Waals surface area contributed by atoms with Crippen molar-refractivity contribution in [3.63, 3.8) is 0 Å². The quantitative estimate of drug-likeness (QED) is 0.172. The first kappa shape index (κ1) is 30.9. The van der Waals surface area contributed by atoms with E-state index in [2.05, 4.69) is 27.4 Å². The molecule has 3 rings (SSSR count). The highest BCUT2D eigenvalue weighted by Crippen LogP contribution is 2.33. The van der Waals surface area contributed by atoms with Gasteiger partial charge in [-0.15, -0.1) is 0 Å². The summed E-state index contributed by atoms with van der Waals surface area (Å²) in [4.78, 5) is 31.0. The Morgan fingerprint density at radius 3 is 2.21 bits per heavy atom. The van der Waals surface area contributed by atoms with Gasteiger partial charge in [-0.25, -0.2) is 14.6 Å². The number of anilines is 1. The van der Waals surface area contributed by atoms with E-state index < -0.39 is 0 Å². The number of amides is 2. The minimum absolute atomic E-state index is 0.0948. The fourth-order valence-electron chi connectivity index (χ4n) is 4.95. The maximum absolute atomic E-state index is 12.5. The molecular formula is C30H46N4O4S. The second-order valence-electron chi connectivity index (χ2n) is 10.3. The molecule has 0 radical (unpaired) electrons. The number of hydrogen-bond acceptors (Lipinski definition) is 7. The number of esters is 1. The van der Waals surface area contributed by atoms with Crippen molar-refractivity contribution in [1.29, 1.82) is 0 Å². The van der Waals surface area contributed by atoms with Gasteiger partial charge in [-0.3, -0.25) is 0 Å². The van der Waals surface area contributed by atoms with Crippen LogP contribution in [-0.4, -0.2) is 63.0 Å². The van der Waals surface area contributed by atoms with E-state index in [0.717, 1.165) is 28.4 Å². The lowest BCUT2D eigenvalue weighted by molar-refractivity contribution is 0.0600. The Bertz CT molecular complexity index is 997. The fourth-order valence-corrected chi connectivity index (χ4v) is 5.89. The van der Waals surface area contributed by atoms with Gasteiger partial charge in [-0.1, -0.05) is 94.6 Å². The van der Waals surface area contributed by atoms with Crippen molar-refractivity contribution in [3.8, 4) is 10.6 Å². The molecule has 0 bridgehead atoms. The number of hydrogen-bond donors (Lipinski definition) is 2. The van der Waals surface area contributed by atoms with Crippen LogP contribution in [0.15, 0.2) is 30.5 Å². The number of thiazole rings is 1. The number of aromatic nitrogens is 1. The summed E-state index contributed by atoms with van der Waals surface area (Å²) >= 11 is 1.58. The normalized spacial score (nSPS) is 16.8. The minimum Gasteiger partial charge on any atom is -0.465 e. The van der Waals surface area contributed by atoms with Gasteiger partial charge >= 0.3 is 12.0 Å². The van der Waals surface area contributed by atoms with Gasteiger partial charge in [0.05, 0.1) is 31.0 Å². The summed E-state index contributed by atoms with van der Waals surface area (Å²) in [6, 6.07) is 7.01. The summed E-state index contributed by atoms with van der Waals surface area (Å²) in [5.74, 6) is -0.356. The van der Waals surface area contributed by atoms with Crippen LogP contribution in [0.4, 0.5) is 9.80 Å². The topological polar surface area (TPSA) is 92.8 Å². The lowest BCUT2D eigenvalue weighted by atomic mass is 10.1. The lowest BCUT2D eigenvalue weighted by Crippen LogP contribution is -2.48. The molecule has 1 aliphatic heterocycles. The van der Waals surface area contributed by atoms with Gasteiger partial charge in [-0.05, 0) is 18.6 Å². The number of benzene rings is 1. The maximum atomic E-state index is 12.5. The molecule has 1 aromatic heterocycles.